The van der Waals surface area contributed by atoms with E-state index in [1.165, 1.54) is 10.4 Å². The van der Waals surface area contributed by atoms with E-state index >= 15 is 0 Å². The van der Waals surface area contributed by atoms with Crippen molar-refractivity contribution in [2.24, 2.45) is 0 Å². The Bertz CT molecular complexity index is 541. The summed E-state index contributed by atoms with van der Waals surface area (Å²) in [5.41, 5.74) is 8.08. The van der Waals surface area contributed by atoms with E-state index in [0.29, 0.717) is 6.04 Å². The van der Waals surface area contributed by atoms with Crippen LogP contribution in [-0.4, -0.2) is 17.5 Å². The van der Waals surface area contributed by atoms with Crippen molar-refractivity contribution in [1.29, 1.82) is 0 Å². The molecule has 0 saturated heterocycles. The van der Waals surface area contributed by atoms with Crippen molar-refractivity contribution in [3.05, 3.63) is 52.2 Å². The number of hydrogen-bond donors (Lipinski definition) is 1. The minimum absolute atomic E-state index is 0.106. The van der Waals surface area contributed by atoms with Gasteiger partial charge in [-0.05, 0) is 43.0 Å². The van der Waals surface area contributed by atoms with E-state index in [4.69, 9.17) is 5.73 Å². The fourth-order valence-electron chi connectivity index (χ4n) is 2.56. The van der Waals surface area contributed by atoms with Gasteiger partial charge in [0, 0.05) is 35.1 Å². The van der Waals surface area contributed by atoms with Crippen LogP contribution in [0.4, 0.5) is 5.69 Å². The molecule has 0 aliphatic heterocycles. The highest BCUT2D eigenvalue weighted by molar-refractivity contribution is 7.09. The second-order valence-corrected chi connectivity index (χ2v) is 7.62. The van der Waals surface area contributed by atoms with Crippen LogP contribution in [0.2, 0.25) is 0 Å². The minimum atomic E-state index is 0.106. The van der Waals surface area contributed by atoms with E-state index in [9.17, 15) is 0 Å². The number of thiophene rings is 1. The Morgan fingerprint density at radius 3 is 2.33 bits per heavy atom. The van der Waals surface area contributed by atoms with Crippen LogP contribution in [0, 0.1) is 0 Å². The molecule has 2 N–H and O–H groups in total. The van der Waals surface area contributed by atoms with Crippen molar-refractivity contribution in [3.8, 4) is 0 Å². The molecule has 3 heteroatoms. The molecule has 0 aliphatic carbocycles. The van der Waals surface area contributed by atoms with Crippen LogP contribution in [0.15, 0.2) is 41.8 Å². The quantitative estimate of drug-likeness (QED) is 0.795. The number of benzene rings is 1. The summed E-state index contributed by atoms with van der Waals surface area (Å²) in [7, 11) is 0. The third-order valence-corrected chi connectivity index (χ3v) is 4.82. The molecule has 0 spiro atoms. The van der Waals surface area contributed by atoms with E-state index in [1.807, 2.05) is 23.5 Å². The molecule has 0 amide bonds. The summed E-state index contributed by atoms with van der Waals surface area (Å²) in [6.07, 6.45) is 0. The fraction of sp³-hybridized carbons (Fsp3) is 0.444. The van der Waals surface area contributed by atoms with Crippen molar-refractivity contribution < 1.29 is 0 Å². The average Bonchev–Trinajstić information content (AvgIpc) is 2.91. The SMILES string of the molecule is CC(C)N(Cc1cccs1)CC(C)(C)c1ccc(N)cc1. The topological polar surface area (TPSA) is 29.3 Å². The maximum atomic E-state index is 5.80. The molecule has 0 radical (unpaired) electrons. The van der Waals surface area contributed by atoms with Crippen molar-refractivity contribution in [3.63, 3.8) is 0 Å². The maximum absolute atomic E-state index is 5.80. The Labute approximate surface area is 132 Å². The van der Waals surface area contributed by atoms with E-state index in [1.54, 1.807) is 0 Å². The van der Waals surface area contributed by atoms with Gasteiger partial charge in [0.05, 0.1) is 0 Å². The van der Waals surface area contributed by atoms with Crippen LogP contribution in [0.5, 0.6) is 0 Å². The highest BCUT2D eigenvalue weighted by atomic mass is 32.1. The van der Waals surface area contributed by atoms with E-state index in [2.05, 4.69) is 62.2 Å². The molecule has 0 fully saturated rings. The third kappa shape index (κ3) is 4.32. The van der Waals surface area contributed by atoms with Crippen molar-refractivity contribution >= 4 is 17.0 Å². The Hall–Kier alpha value is -1.32. The summed E-state index contributed by atoms with van der Waals surface area (Å²) < 4.78 is 0. The van der Waals surface area contributed by atoms with E-state index < -0.39 is 0 Å². The number of anilines is 1. The Kier molecular flexibility index (Phi) is 5.07. The van der Waals surface area contributed by atoms with Crippen molar-refractivity contribution in [2.45, 2.75) is 45.7 Å². The van der Waals surface area contributed by atoms with Crippen LogP contribution in [0.1, 0.15) is 38.1 Å². The van der Waals surface area contributed by atoms with E-state index in [-0.39, 0.29) is 5.41 Å². The largest absolute Gasteiger partial charge is 0.399 e. The number of hydrogen-bond acceptors (Lipinski definition) is 3. The van der Waals surface area contributed by atoms with Crippen LogP contribution in [0.25, 0.3) is 0 Å². The zero-order valence-electron chi connectivity index (χ0n) is 13.5. The fourth-order valence-corrected chi connectivity index (χ4v) is 3.29. The summed E-state index contributed by atoms with van der Waals surface area (Å²) in [6, 6.07) is 13.2. The molecule has 2 aromatic rings. The summed E-state index contributed by atoms with van der Waals surface area (Å²) in [4.78, 5) is 3.97. The van der Waals surface area contributed by atoms with Gasteiger partial charge < -0.3 is 5.73 Å². The molecular formula is C18H26N2S. The van der Waals surface area contributed by atoms with Crippen LogP contribution in [0.3, 0.4) is 0 Å². The molecule has 114 valence electrons. The Balaban J connectivity index is 2.12. The van der Waals surface area contributed by atoms with Gasteiger partial charge in [0.15, 0.2) is 0 Å². The zero-order chi connectivity index (χ0) is 15.5. The highest BCUT2D eigenvalue weighted by Gasteiger charge is 2.25. The van der Waals surface area contributed by atoms with Crippen LogP contribution >= 0.6 is 11.3 Å². The summed E-state index contributed by atoms with van der Waals surface area (Å²) in [6.45, 7) is 11.2. The molecule has 0 bridgehead atoms. The van der Waals surface area contributed by atoms with Gasteiger partial charge in [-0.15, -0.1) is 11.3 Å². The molecule has 0 atom stereocenters. The molecule has 1 aromatic heterocycles. The molecular weight excluding hydrogens is 276 g/mol. The molecule has 2 nitrogen and oxygen atoms in total. The first-order chi connectivity index (χ1) is 9.88. The first kappa shape index (κ1) is 16.1. The van der Waals surface area contributed by atoms with Gasteiger partial charge in [-0.25, -0.2) is 0 Å². The predicted octanol–water partition coefficient (Wildman–Crippen LogP) is 4.52. The molecule has 1 heterocycles. The van der Waals surface area contributed by atoms with Crippen LogP contribution in [-0.2, 0) is 12.0 Å². The van der Waals surface area contributed by atoms with E-state index in [0.717, 1.165) is 18.8 Å². The Morgan fingerprint density at radius 1 is 1.14 bits per heavy atom. The van der Waals surface area contributed by atoms with Gasteiger partial charge in [0.25, 0.3) is 0 Å². The minimum Gasteiger partial charge on any atom is -0.399 e. The molecule has 1 aromatic carbocycles. The van der Waals surface area contributed by atoms with Gasteiger partial charge in [-0.1, -0.05) is 32.0 Å². The molecule has 21 heavy (non-hydrogen) atoms. The lowest BCUT2D eigenvalue weighted by Crippen LogP contribution is -2.40. The number of rotatable bonds is 6. The number of nitrogens with zero attached hydrogens (tertiary/aromatic N) is 1. The van der Waals surface area contributed by atoms with Gasteiger partial charge >= 0.3 is 0 Å². The molecule has 2 rings (SSSR count). The average molecular weight is 302 g/mol. The van der Waals surface area contributed by atoms with Crippen LogP contribution < -0.4 is 5.73 Å². The molecule has 0 saturated carbocycles. The lowest BCUT2D eigenvalue weighted by molar-refractivity contribution is 0.174. The first-order valence-electron chi connectivity index (χ1n) is 7.51. The zero-order valence-corrected chi connectivity index (χ0v) is 14.3. The van der Waals surface area contributed by atoms with Gasteiger partial charge in [0.1, 0.15) is 0 Å². The smallest absolute Gasteiger partial charge is 0.0330 e. The number of nitrogen functional groups attached to an aromatic ring is 1. The van der Waals surface area contributed by atoms with Gasteiger partial charge in [-0.2, -0.15) is 0 Å². The summed E-state index contributed by atoms with van der Waals surface area (Å²) in [5, 5.41) is 2.15. The van der Waals surface area contributed by atoms with Gasteiger partial charge in [-0.3, -0.25) is 4.90 Å². The monoisotopic (exact) mass is 302 g/mol. The molecule has 0 unspecified atom stereocenters. The second-order valence-electron chi connectivity index (χ2n) is 6.58. The third-order valence-electron chi connectivity index (χ3n) is 3.96. The normalized spacial score (nSPS) is 12.3. The predicted molar refractivity (Wildman–Crippen MR) is 93.7 cm³/mol. The van der Waals surface area contributed by atoms with Crippen molar-refractivity contribution in [2.75, 3.05) is 12.3 Å². The Morgan fingerprint density at radius 2 is 1.81 bits per heavy atom. The number of nitrogens with two attached hydrogens (primary N) is 1. The van der Waals surface area contributed by atoms with Gasteiger partial charge in [0.2, 0.25) is 0 Å². The first-order valence-corrected chi connectivity index (χ1v) is 8.39. The second kappa shape index (κ2) is 6.63. The lowest BCUT2D eigenvalue weighted by Gasteiger charge is -2.35. The molecule has 0 aliphatic rings. The standard InChI is InChI=1S/C18H26N2S/c1-14(2)20(12-17-6-5-11-21-17)13-18(3,4)15-7-9-16(19)10-8-15/h5-11,14H,12-13,19H2,1-4H3. The lowest BCUT2D eigenvalue weighted by atomic mass is 9.83. The summed E-state index contributed by atoms with van der Waals surface area (Å²) >= 11 is 1.83. The maximum Gasteiger partial charge on any atom is 0.0330 e. The highest BCUT2D eigenvalue weighted by Crippen LogP contribution is 2.27. The van der Waals surface area contributed by atoms with Crippen molar-refractivity contribution in [1.82, 2.24) is 4.90 Å². The summed E-state index contributed by atoms with van der Waals surface area (Å²) in [5.74, 6) is 0.